The first-order valence-corrected chi connectivity index (χ1v) is 5.60. The molecule has 8 heteroatoms. The van der Waals surface area contributed by atoms with Crippen molar-refractivity contribution in [1.82, 2.24) is 9.97 Å². The molecule has 3 nitrogen and oxygen atoms in total. The predicted octanol–water partition coefficient (Wildman–Crippen LogP) is 3.91. The maximum Gasteiger partial charge on any atom is 0.433 e. The molecule has 0 amide bonds. The lowest BCUT2D eigenvalue weighted by atomic mass is 10.1. The second-order valence-corrected chi connectivity index (χ2v) is 4.07. The molecule has 0 aliphatic rings. The summed E-state index contributed by atoms with van der Waals surface area (Å²) in [5.74, 6) is -0.379. The van der Waals surface area contributed by atoms with Gasteiger partial charge < -0.3 is 0 Å². The van der Waals surface area contributed by atoms with Gasteiger partial charge in [-0.1, -0.05) is 0 Å². The number of carbonyl (C=O) groups excluding carboxylic acids is 1. The van der Waals surface area contributed by atoms with Crippen LogP contribution >= 0.6 is 0 Å². The molecule has 0 unspecified atom stereocenters. The lowest BCUT2D eigenvalue weighted by Crippen LogP contribution is -2.09. The normalized spacial score (nSPS) is 11.7. The SMILES string of the molecule is O=Cc1cc(-c2nccc(C(F)(F)F)n2)cc(C(F)F)c1. The van der Waals surface area contributed by atoms with E-state index >= 15 is 0 Å². The zero-order valence-electron chi connectivity index (χ0n) is 10.2. The van der Waals surface area contributed by atoms with E-state index in [1.807, 2.05) is 0 Å². The van der Waals surface area contributed by atoms with Crippen LogP contribution in [0.4, 0.5) is 22.0 Å². The van der Waals surface area contributed by atoms with Gasteiger partial charge in [-0.3, -0.25) is 4.79 Å². The minimum Gasteiger partial charge on any atom is -0.298 e. The van der Waals surface area contributed by atoms with Crippen LogP contribution in [0.1, 0.15) is 28.0 Å². The van der Waals surface area contributed by atoms with Crippen LogP contribution in [0.15, 0.2) is 30.5 Å². The van der Waals surface area contributed by atoms with Gasteiger partial charge in [0.2, 0.25) is 0 Å². The van der Waals surface area contributed by atoms with E-state index in [0.29, 0.717) is 12.4 Å². The molecule has 2 aromatic rings. The predicted molar refractivity (Wildman–Crippen MR) is 62.8 cm³/mol. The minimum absolute atomic E-state index is 0.0824. The summed E-state index contributed by atoms with van der Waals surface area (Å²) >= 11 is 0. The van der Waals surface area contributed by atoms with E-state index < -0.39 is 23.9 Å². The first-order chi connectivity index (χ1) is 9.81. The summed E-state index contributed by atoms with van der Waals surface area (Å²) in [5, 5.41) is 0. The molecule has 0 saturated carbocycles. The standard InChI is InChI=1S/C13H7F5N2O/c14-11(15)8-3-7(6-21)4-9(5-8)12-19-2-1-10(20-12)13(16,17)18/h1-6,11H. The Morgan fingerprint density at radius 2 is 1.86 bits per heavy atom. The van der Waals surface area contributed by atoms with Crippen molar-refractivity contribution in [2.75, 3.05) is 0 Å². The molecule has 0 saturated heterocycles. The number of alkyl halides is 5. The van der Waals surface area contributed by atoms with Gasteiger partial charge in [0.25, 0.3) is 6.43 Å². The van der Waals surface area contributed by atoms with E-state index in [0.717, 1.165) is 24.4 Å². The maximum absolute atomic E-state index is 12.7. The molecule has 110 valence electrons. The summed E-state index contributed by atoms with van der Waals surface area (Å²) in [6, 6.07) is 3.72. The Morgan fingerprint density at radius 1 is 1.14 bits per heavy atom. The third-order valence-corrected chi connectivity index (χ3v) is 2.57. The fraction of sp³-hybridized carbons (Fsp3) is 0.154. The van der Waals surface area contributed by atoms with E-state index in [1.54, 1.807) is 0 Å². The van der Waals surface area contributed by atoms with E-state index in [2.05, 4.69) is 9.97 Å². The van der Waals surface area contributed by atoms with Gasteiger partial charge in [0.1, 0.15) is 12.0 Å². The molecule has 0 N–H and O–H groups in total. The second-order valence-electron chi connectivity index (χ2n) is 4.07. The van der Waals surface area contributed by atoms with Crippen LogP contribution in [0.25, 0.3) is 11.4 Å². The van der Waals surface area contributed by atoms with Crippen molar-refractivity contribution in [2.24, 2.45) is 0 Å². The molecule has 0 fully saturated rings. The first-order valence-electron chi connectivity index (χ1n) is 5.60. The smallest absolute Gasteiger partial charge is 0.298 e. The number of aromatic nitrogens is 2. The Bertz CT molecular complexity index is 670. The zero-order chi connectivity index (χ0) is 15.6. The Labute approximate surface area is 115 Å². The third-order valence-electron chi connectivity index (χ3n) is 2.57. The second kappa shape index (κ2) is 5.55. The van der Waals surface area contributed by atoms with Gasteiger partial charge in [-0.2, -0.15) is 13.2 Å². The number of hydrogen-bond acceptors (Lipinski definition) is 3. The van der Waals surface area contributed by atoms with Crippen LogP contribution in [0, 0.1) is 0 Å². The highest BCUT2D eigenvalue weighted by atomic mass is 19.4. The Hall–Kier alpha value is -2.38. The van der Waals surface area contributed by atoms with Crippen molar-refractivity contribution in [1.29, 1.82) is 0 Å². The first kappa shape index (κ1) is 15.0. The van der Waals surface area contributed by atoms with Crippen LogP contribution in [-0.2, 0) is 6.18 Å². The van der Waals surface area contributed by atoms with E-state index in [-0.39, 0.29) is 17.0 Å². The van der Waals surface area contributed by atoms with Gasteiger partial charge >= 0.3 is 6.18 Å². The van der Waals surface area contributed by atoms with Crippen LogP contribution < -0.4 is 0 Å². The molecule has 1 aromatic heterocycles. The highest BCUT2D eigenvalue weighted by Crippen LogP contribution is 2.30. The van der Waals surface area contributed by atoms with Crippen LogP contribution in [-0.4, -0.2) is 16.3 Å². The van der Waals surface area contributed by atoms with Crippen molar-refractivity contribution in [3.8, 4) is 11.4 Å². The Kier molecular flexibility index (Phi) is 3.97. The fourth-order valence-corrected chi connectivity index (χ4v) is 1.66. The Balaban J connectivity index is 2.56. The van der Waals surface area contributed by atoms with Crippen molar-refractivity contribution in [3.05, 3.63) is 47.3 Å². The van der Waals surface area contributed by atoms with Crippen molar-refractivity contribution >= 4 is 6.29 Å². The summed E-state index contributed by atoms with van der Waals surface area (Å²) in [6.45, 7) is 0. The average Bonchev–Trinajstić information content (AvgIpc) is 2.46. The van der Waals surface area contributed by atoms with E-state index in [9.17, 15) is 26.7 Å². The molecule has 2 rings (SSSR count). The van der Waals surface area contributed by atoms with Crippen molar-refractivity contribution in [2.45, 2.75) is 12.6 Å². The van der Waals surface area contributed by atoms with Gasteiger partial charge in [0, 0.05) is 22.9 Å². The van der Waals surface area contributed by atoms with E-state index in [4.69, 9.17) is 0 Å². The average molecular weight is 302 g/mol. The van der Waals surface area contributed by atoms with Gasteiger partial charge in [-0.05, 0) is 24.3 Å². The molecule has 0 aliphatic heterocycles. The number of nitrogens with zero attached hydrogens (tertiary/aromatic N) is 2. The number of rotatable bonds is 3. The summed E-state index contributed by atoms with van der Waals surface area (Å²) < 4.78 is 63.1. The molecule has 1 aromatic carbocycles. The van der Waals surface area contributed by atoms with Crippen molar-refractivity contribution < 1.29 is 26.7 Å². The minimum atomic E-state index is -4.68. The molecule has 0 bridgehead atoms. The van der Waals surface area contributed by atoms with Gasteiger partial charge in [-0.15, -0.1) is 0 Å². The Morgan fingerprint density at radius 3 is 2.43 bits per heavy atom. The number of carbonyl (C=O) groups is 1. The number of hydrogen-bond donors (Lipinski definition) is 0. The largest absolute Gasteiger partial charge is 0.433 e. The maximum atomic E-state index is 12.7. The fourth-order valence-electron chi connectivity index (χ4n) is 1.66. The molecule has 0 atom stereocenters. The molecular formula is C13H7F5N2O. The number of halogens is 5. The summed E-state index contributed by atoms with van der Waals surface area (Å²) in [6.07, 6.45) is -6.34. The third kappa shape index (κ3) is 3.39. The highest BCUT2D eigenvalue weighted by Gasteiger charge is 2.32. The number of aldehydes is 1. The van der Waals surface area contributed by atoms with E-state index in [1.165, 1.54) is 0 Å². The van der Waals surface area contributed by atoms with Crippen LogP contribution in [0.3, 0.4) is 0 Å². The topological polar surface area (TPSA) is 42.9 Å². The molecular weight excluding hydrogens is 295 g/mol. The molecule has 21 heavy (non-hydrogen) atoms. The van der Waals surface area contributed by atoms with Crippen LogP contribution in [0.2, 0.25) is 0 Å². The van der Waals surface area contributed by atoms with Gasteiger partial charge in [0.05, 0.1) is 0 Å². The lowest BCUT2D eigenvalue weighted by Gasteiger charge is -2.09. The zero-order valence-corrected chi connectivity index (χ0v) is 10.2. The van der Waals surface area contributed by atoms with Gasteiger partial charge in [-0.25, -0.2) is 18.7 Å². The van der Waals surface area contributed by atoms with Crippen molar-refractivity contribution in [3.63, 3.8) is 0 Å². The monoisotopic (exact) mass is 302 g/mol. The van der Waals surface area contributed by atoms with Crippen LogP contribution in [0.5, 0.6) is 0 Å². The number of benzene rings is 1. The molecule has 0 aliphatic carbocycles. The summed E-state index contributed by atoms with van der Waals surface area (Å²) in [7, 11) is 0. The van der Waals surface area contributed by atoms with Gasteiger partial charge in [0.15, 0.2) is 5.82 Å². The molecule has 1 heterocycles. The molecule has 0 radical (unpaired) electrons. The highest BCUT2D eigenvalue weighted by molar-refractivity contribution is 5.78. The quantitative estimate of drug-likeness (QED) is 0.637. The molecule has 0 spiro atoms. The lowest BCUT2D eigenvalue weighted by molar-refractivity contribution is -0.141. The summed E-state index contributed by atoms with van der Waals surface area (Å²) in [5.41, 5.74) is -1.86. The summed E-state index contributed by atoms with van der Waals surface area (Å²) in [4.78, 5) is 17.6.